The number of thiocarbonyl (C=S) groups is 1. The van der Waals surface area contributed by atoms with Gasteiger partial charge in [0.15, 0.2) is 5.11 Å². The van der Waals surface area contributed by atoms with Gasteiger partial charge in [-0.3, -0.25) is 15.7 Å². The molecule has 0 spiro atoms. The van der Waals surface area contributed by atoms with Crippen LogP contribution in [-0.2, 0) is 15.9 Å². The first-order valence-corrected chi connectivity index (χ1v) is 10.3. The van der Waals surface area contributed by atoms with Crippen molar-refractivity contribution in [3.05, 3.63) is 51.8 Å². The van der Waals surface area contributed by atoms with Crippen LogP contribution in [-0.4, -0.2) is 22.4 Å². The molecule has 4 N–H and O–H groups in total. The summed E-state index contributed by atoms with van der Waals surface area (Å²) in [6, 6.07) is 5.47. The van der Waals surface area contributed by atoms with E-state index in [2.05, 4.69) is 37.6 Å². The van der Waals surface area contributed by atoms with Gasteiger partial charge in [0.1, 0.15) is 25.9 Å². The molecule has 0 saturated heterocycles. The van der Waals surface area contributed by atoms with Gasteiger partial charge in [0, 0.05) is 16.8 Å². The number of hydrogen-bond acceptors (Lipinski definition) is 9. The number of carbonyl (C=O) groups excluding carboxylic acids is 1. The first kappa shape index (κ1) is 31.5. The standard InChI is InChI=1S/C15H14Cl2N5O6PS.2Na/c16-9-4-8(13(10(17)5-9)28-29(24,25)26)7-27-15(23)21-11-2-1-3-19-12(11)6-20-22-14(18)30;;/h1-6H,7H2,(H,21,23)(H3,18,22,30)(H2,24,25,26);;/q;2*+1/p-2. The average Bonchev–Trinajstić information content (AvgIpc) is 2.62. The predicted molar refractivity (Wildman–Crippen MR) is 110 cm³/mol. The van der Waals surface area contributed by atoms with E-state index in [4.69, 9.17) is 33.7 Å². The number of nitrogens with two attached hydrogens (primary N) is 1. The minimum absolute atomic E-state index is 0. The Hall–Kier alpha value is -0.470. The van der Waals surface area contributed by atoms with Crippen LogP contribution in [0.15, 0.2) is 35.6 Å². The van der Waals surface area contributed by atoms with Crippen molar-refractivity contribution in [2.75, 3.05) is 5.32 Å². The Kier molecular flexibility index (Phi) is 14.5. The molecule has 1 aromatic carbocycles. The van der Waals surface area contributed by atoms with E-state index >= 15 is 0 Å². The van der Waals surface area contributed by atoms with E-state index in [0.717, 1.165) is 0 Å². The van der Waals surface area contributed by atoms with Crippen molar-refractivity contribution in [1.29, 1.82) is 0 Å². The Morgan fingerprint density at radius 2 is 2.03 bits per heavy atom. The number of phosphoric ester groups is 1. The maximum atomic E-state index is 12.1. The van der Waals surface area contributed by atoms with Crippen molar-refractivity contribution in [2.45, 2.75) is 6.61 Å². The fourth-order valence-corrected chi connectivity index (χ4v) is 3.13. The number of carbonyl (C=O) groups is 1. The number of aromatic nitrogens is 1. The minimum Gasteiger partial charge on any atom is -0.780 e. The van der Waals surface area contributed by atoms with Gasteiger partial charge < -0.3 is 29.3 Å². The average molecular weight is 538 g/mol. The number of hydrazone groups is 1. The van der Waals surface area contributed by atoms with Gasteiger partial charge in [-0.25, -0.2) is 4.79 Å². The monoisotopic (exact) mass is 537 g/mol. The van der Waals surface area contributed by atoms with Crippen molar-refractivity contribution >= 4 is 66.4 Å². The number of rotatable bonds is 7. The van der Waals surface area contributed by atoms with Gasteiger partial charge >= 0.3 is 65.2 Å². The van der Waals surface area contributed by atoms with E-state index in [9.17, 15) is 19.1 Å². The normalized spacial score (nSPS) is 10.5. The second-order valence-corrected chi connectivity index (χ2v) is 7.65. The van der Waals surface area contributed by atoms with Crippen LogP contribution < -0.4 is 89.9 Å². The Balaban J connectivity index is 0.00000480. The smallest absolute Gasteiger partial charge is 0.780 e. The Morgan fingerprint density at radius 3 is 2.66 bits per heavy atom. The number of amides is 1. The van der Waals surface area contributed by atoms with Crippen LogP contribution in [0.25, 0.3) is 0 Å². The van der Waals surface area contributed by atoms with E-state index in [0.29, 0.717) is 0 Å². The van der Waals surface area contributed by atoms with Crippen molar-refractivity contribution in [3.8, 4) is 5.75 Å². The third kappa shape index (κ3) is 11.1. The summed E-state index contributed by atoms with van der Waals surface area (Å²) in [5.74, 6) is -0.486. The third-order valence-corrected chi connectivity index (χ3v) is 4.08. The zero-order chi connectivity index (χ0) is 22.3. The molecule has 0 fully saturated rings. The van der Waals surface area contributed by atoms with Gasteiger partial charge in [-0.05, 0) is 36.5 Å². The molecule has 11 nitrogen and oxygen atoms in total. The summed E-state index contributed by atoms with van der Waals surface area (Å²) >= 11 is 16.3. The molecular weight excluding hydrogens is 526 g/mol. The first-order valence-electron chi connectivity index (χ1n) is 7.72. The maximum Gasteiger partial charge on any atom is 1.00 e. The molecule has 1 amide bonds. The molecule has 0 aliphatic heterocycles. The molecule has 32 heavy (non-hydrogen) atoms. The van der Waals surface area contributed by atoms with Crippen LogP contribution in [0.2, 0.25) is 10.0 Å². The van der Waals surface area contributed by atoms with Crippen LogP contribution in [0.3, 0.4) is 0 Å². The number of ether oxygens (including phenoxy) is 1. The quantitative estimate of drug-likeness (QED) is 0.103. The summed E-state index contributed by atoms with van der Waals surface area (Å²) in [7, 11) is -5.41. The van der Waals surface area contributed by atoms with E-state index in [1.54, 1.807) is 6.07 Å². The summed E-state index contributed by atoms with van der Waals surface area (Å²) < 4.78 is 20.3. The van der Waals surface area contributed by atoms with E-state index in [1.165, 1.54) is 30.6 Å². The zero-order valence-corrected chi connectivity index (χ0v) is 23.9. The van der Waals surface area contributed by atoms with Gasteiger partial charge in [0.2, 0.25) is 0 Å². The van der Waals surface area contributed by atoms with E-state index in [1.807, 2.05) is 0 Å². The van der Waals surface area contributed by atoms with E-state index in [-0.39, 0.29) is 91.2 Å². The van der Waals surface area contributed by atoms with Crippen molar-refractivity contribution in [3.63, 3.8) is 0 Å². The number of anilines is 1. The van der Waals surface area contributed by atoms with Crippen LogP contribution in [0.4, 0.5) is 10.5 Å². The van der Waals surface area contributed by atoms with Crippen molar-refractivity contribution < 1.29 is 87.5 Å². The SMILES string of the molecule is NC(=S)NN=Cc1ncccc1NC(=O)OCc1cc(Cl)cc(Cl)c1OP(=O)([O-])[O-].[Na+].[Na+]. The molecule has 0 radical (unpaired) electrons. The number of nitrogens with one attached hydrogen (secondary N) is 2. The van der Waals surface area contributed by atoms with Crippen LogP contribution >= 0.6 is 43.2 Å². The molecule has 160 valence electrons. The number of nitrogens with zero attached hydrogens (tertiary/aromatic N) is 2. The number of pyridine rings is 1. The zero-order valence-electron chi connectivity index (χ0n) is 16.7. The van der Waals surface area contributed by atoms with Crippen molar-refractivity contribution in [1.82, 2.24) is 10.4 Å². The molecule has 0 unspecified atom stereocenters. The number of hydrogen-bond donors (Lipinski definition) is 3. The molecule has 2 rings (SSSR count). The van der Waals surface area contributed by atoms with Gasteiger partial charge in [0.05, 0.1) is 16.9 Å². The number of halogens is 2. The van der Waals surface area contributed by atoms with Crippen molar-refractivity contribution in [2.24, 2.45) is 10.8 Å². The molecular formula is C15H12Cl2N5Na2O6PS. The molecule has 0 aliphatic rings. The number of phosphoric acid groups is 1. The van der Waals surface area contributed by atoms with Gasteiger partial charge in [-0.15, -0.1) is 0 Å². The summed E-state index contributed by atoms with van der Waals surface area (Å²) in [4.78, 5) is 38.0. The van der Waals surface area contributed by atoms with Crippen LogP contribution in [0, 0.1) is 0 Å². The van der Waals surface area contributed by atoms with Gasteiger partial charge in [-0.2, -0.15) is 5.10 Å². The number of benzene rings is 1. The molecule has 2 aromatic rings. The second-order valence-electron chi connectivity index (χ2n) is 5.29. The third-order valence-electron chi connectivity index (χ3n) is 3.08. The first-order chi connectivity index (χ1) is 14.0. The minimum atomic E-state index is -5.41. The van der Waals surface area contributed by atoms with Crippen LogP contribution in [0.5, 0.6) is 5.75 Å². The molecule has 1 aromatic heterocycles. The molecule has 17 heteroatoms. The van der Waals surface area contributed by atoms with Gasteiger partial charge in [0.25, 0.3) is 0 Å². The van der Waals surface area contributed by atoms with Gasteiger partial charge in [-0.1, -0.05) is 23.2 Å². The summed E-state index contributed by atoms with van der Waals surface area (Å²) in [5, 5.41) is 5.96. The van der Waals surface area contributed by atoms with E-state index < -0.39 is 26.3 Å². The van der Waals surface area contributed by atoms with Crippen LogP contribution in [0.1, 0.15) is 11.3 Å². The fraction of sp³-hybridized carbons (Fsp3) is 0.0667. The molecule has 1 heterocycles. The largest absolute Gasteiger partial charge is 1.00 e. The topological polar surface area (TPSA) is 174 Å². The summed E-state index contributed by atoms with van der Waals surface area (Å²) in [6.45, 7) is -0.506. The Labute approximate surface area is 242 Å². The Morgan fingerprint density at radius 1 is 1.34 bits per heavy atom. The molecule has 0 aliphatic carbocycles. The summed E-state index contributed by atoms with van der Waals surface area (Å²) in [6.07, 6.45) is 1.78. The maximum absolute atomic E-state index is 12.1. The molecule has 0 saturated carbocycles. The molecule has 0 bridgehead atoms. The predicted octanol–water partition coefficient (Wildman–Crippen LogP) is -4.48. The molecule has 0 atom stereocenters. The summed E-state index contributed by atoms with van der Waals surface area (Å²) in [5.41, 5.74) is 8.04. The second kappa shape index (κ2) is 14.7. The Bertz CT molecular complexity index is 1050. The fourth-order valence-electron chi connectivity index (χ4n) is 2.01.